The number of H-pyrrole nitrogens is 1. The summed E-state index contributed by atoms with van der Waals surface area (Å²) in [5.74, 6) is -1.05. The van der Waals surface area contributed by atoms with E-state index in [4.69, 9.17) is 0 Å². The molecule has 1 aromatic carbocycles. The van der Waals surface area contributed by atoms with Crippen LogP contribution in [0.3, 0.4) is 0 Å². The Labute approximate surface area is 80.7 Å². The highest BCUT2D eigenvalue weighted by atomic mass is 19.1. The van der Waals surface area contributed by atoms with Crippen molar-refractivity contribution in [3.63, 3.8) is 0 Å². The highest BCUT2D eigenvalue weighted by Gasteiger charge is 2.11. The lowest BCUT2D eigenvalue weighted by Gasteiger charge is -1.94. The summed E-state index contributed by atoms with van der Waals surface area (Å²) in [6.45, 7) is 3.85. The first-order valence-electron chi connectivity index (χ1n) is 4.59. The molecular weight excluding hydrogens is 184 g/mol. The Hall–Kier alpha value is -1.38. The summed E-state index contributed by atoms with van der Waals surface area (Å²) in [5, 5.41) is 0.638. The average molecular weight is 195 g/mol. The summed E-state index contributed by atoms with van der Waals surface area (Å²) in [6, 6.07) is 2.26. The van der Waals surface area contributed by atoms with E-state index in [0.717, 1.165) is 23.7 Å². The van der Waals surface area contributed by atoms with Crippen LogP contribution in [0.1, 0.15) is 18.2 Å². The van der Waals surface area contributed by atoms with E-state index < -0.39 is 11.6 Å². The standard InChI is InChI=1S/C11H11F2N/c1-3-10-6(2)8-4-7(12)5-9(13)11(8)14-10/h4-5,14H,3H2,1-2H3. The maximum Gasteiger partial charge on any atom is 0.150 e. The minimum Gasteiger partial charge on any atom is -0.356 e. The quantitative estimate of drug-likeness (QED) is 0.718. The Balaban J connectivity index is 2.85. The van der Waals surface area contributed by atoms with Crippen molar-refractivity contribution >= 4 is 10.9 Å². The molecule has 0 aliphatic rings. The van der Waals surface area contributed by atoms with Crippen molar-refractivity contribution in [2.75, 3.05) is 0 Å². The number of halogens is 2. The Morgan fingerprint density at radius 1 is 1.29 bits per heavy atom. The van der Waals surface area contributed by atoms with E-state index in [9.17, 15) is 8.78 Å². The van der Waals surface area contributed by atoms with Crippen molar-refractivity contribution in [2.45, 2.75) is 20.3 Å². The van der Waals surface area contributed by atoms with Gasteiger partial charge in [-0.2, -0.15) is 0 Å². The van der Waals surface area contributed by atoms with Gasteiger partial charge in [0.2, 0.25) is 0 Å². The summed E-state index contributed by atoms with van der Waals surface area (Å²) in [4.78, 5) is 2.97. The molecule has 1 aromatic heterocycles. The number of fused-ring (bicyclic) bond motifs is 1. The minimum atomic E-state index is -0.528. The molecule has 2 rings (SSSR count). The fraction of sp³-hybridized carbons (Fsp3) is 0.273. The van der Waals surface area contributed by atoms with Crippen LogP contribution >= 0.6 is 0 Å². The Morgan fingerprint density at radius 3 is 2.64 bits per heavy atom. The first-order chi connectivity index (χ1) is 6.63. The number of aryl methyl sites for hydroxylation is 2. The van der Waals surface area contributed by atoms with Gasteiger partial charge in [0.15, 0.2) is 0 Å². The van der Waals surface area contributed by atoms with Gasteiger partial charge in [-0.15, -0.1) is 0 Å². The summed E-state index contributed by atoms with van der Waals surface area (Å²) in [7, 11) is 0. The fourth-order valence-corrected chi connectivity index (χ4v) is 1.76. The molecule has 0 saturated heterocycles. The zero-order valence-electron chi connectivity index (χ0n) is 8.12. The van der Waals surface area contributed by atoms with E-state index >= 15 is 0 Å². The lowest BCUT2D eigenvalue weighted by molar-refractivity contribution is 0.591. The second kappa shape index (κ2) is 3.08. The molecule has 0 spiro atoms. The lowest BCUT2D eigenvalue weighted by Crippen LogP contribution is -1.81. The number of nitrogens with one attached hydrogen (secondary N) is 1. The number of hydrogen-bond acceptors (Lipinski definition) is 0. The molecule has 0 unspecified atom stereocenters. The summed E-state index contributed by atoms with van der Waals surface area (Å²) in [6.07, 6.45) is 0.793. The Morgan fingerprint density at radius 2 is 2.00 bits per heavy atom. The van der Waals surface area contributed by atoms with Crippen molar-refractivity contribution in [1.82, 2.24) is 4.98 Å². The third-order valence-corrected chi connectivity index (χ3v) is 2.54. The van der Waals surface area contributed by atoms with Crippen molar-refractivity contribution in [2.24, 2.45) is 0 Å². The van der Waals surface area contributed by atoms with Crippen LogP contribution in [-0.4, -0.2) is 4.98 Å². The SMILES string of the molecule is CCc1[nH]c2c(F)cc(F)cc2c1C. The van der Waals surface area contributed by atoms with Crippen LogP contribution in [0, 0.1) is 18.6 Å². The molecule has 1 nitrogen and oxygen atoms in total. The fourth-order valence-electron chi connectivity index (χ4n) is 1.76. The topological polar surface area (TPSA) is 15.8 Å². The number of hydrogen-bond donors (Lipinski definition) is 1. The Bertz CT molecular complexity index is 485. The van der Waals surface area contributed by atoms with Crippen LogP contribution in [-0.2, 0) is 6.42 Å². The molecule has 0 saturated carbocycles. The molecule has 1 N–H and O–H groups in total. The number of benzene rings is 1. The predicted molar refractivity (Wildman–Crippen MR) is 52.3 cm³/mol. The number of aromatic nitrogens is 1. The van der Waals surface area contributed by atoms with E-state index in [-0.39, 0.29) is 0 Å². The number of aromatic amines is 1. The van der Waals surface area contributed by atoms with Gasteiger partial charge in [-0.1, -0.05) is 6.92 Å². The highest BCUT2D eigenvalue weighted by molar-refractivity contribution is 5.85. The van der Waals surface area contributed by atoms with Gasteiger partial charge in [-0.25, -0.2) is 8.78 Å². The molecule has 1 heterocycles. The monoisotopic (exact) mass is 195 g/mol. The molecule has 0 aliphatic carbocycles. The summed E-state index contributed by atoms with van der Waals surface area (Å²) < 4.78 is 26.2. The number of rotatable bonds is 1. The van der Waals surface area contributed by atoms with Gasteiger partial charge >= 0.3 is 0 Å². The molecule has 14 heavy (non-hydrogen) atoms. The van der Waals surface area contributed by atoms with Crippen molar-refractivity contribution in [1.29, 1.82) is 0 Å². The molecule has 3 heteroatoms. The zero-order chi connectivity index (χ0) is 10.3. The van der Waals surface area contributed by atoms with Crippen LogP contribution < -0.4 is 0 Å². The van der Waals surface area contributed by atoms with Gasteiger partial charge in [0.25, 0.3) is 0 Å². The molecule has 2 aromatic rings. The molecule has 0 atom stereocenters. The zero-order valence-corrected chi connectivity index (χ0v) is 8.12. The van der Waals surface area contributed by atoms with E-state index in [1.807, 2.05) is 13.8 Å². The van der Waals surface area contributed by atoms with Gasteiger partial charge < -0.3 is 4.98 Å². The molecular formula is C11H11F2N. The van der Waals surface area contributed by atoms with Gasteiger partial charge in [-0.05, 0) is 25.0 Å². The second-order valence-electron chi connectivity index (χ2n) is 3.39. The molecule has 0 radical (unpaired) electrons. The van der Waals surface area contributed by atoms with E-state index in [2.05, 4.69) is 4.98 Å². The van der Waals surface area contributed by atoms with Crippen LogP contribution in [0.2, 0.25) is 0 Å². The van der Waals surface area contributed by atoms with Gasteiger partial charge in [-0.3, -0.25) is 0 Å². The van der Waals surface area contributed by atoms with E-state index in [1.165, 1.54) is 6.07 Å². The van der Waals surface area contributed by atoms with Gasteiger partial charge in [0.05, 0.1) is 5.52 Å². The van der Waals surface area contributed by atoms with Crippen molar-refractivity contribution in [3.8, 4) is 0 Å². The summed E-state index contributed by atoms with van der Waals surface area (Å²) >= 11 is 0. The third kappa shape index (κ3) is 1.20. The molecule has 0 amide bonds. The van der Waals surface area contributed by atoms with Crippen LogP contribution in [0.5, 0.6) is 0 Å². The molecule has 0 fully saturated rings. The van der Waals surface area contributed by atoms with Gasteiger partial charge in [0, 0.05) is 17.1 Å². The average Bonchev–Trinajstić information content (AvgIpc) is 2.44. The summed E-state index contributed by atoms with van der Waals surface area (Å²) in [5.41, 5.74) is 2.30. The first kappa shape index (κ1) is 9.19. The lowest BCUT2D eigenvalue weighted by atomic mass is 10.1. The van der Waals surface area contributed by atoms with Crippen LogP contribution in [0.15, 0.2) is 12.1 Å². The normalized spacial score (nSPS) is 11.1. The van der Waals surface area contributed by atoms with E-state index in [1.54, 1.807) is 0 Å². The first-order valence-corrected chi connectivity index (χ1v) is 4.59. The van der Waals surface area contributed by atoms with Crippen molar-refractivity contribution < 1.29 is 8.78 Å². The maximum atomic E-state index is 13.3. The molecule has 0 aliphatic heterocycles. The van der Waals surface area contributed by atoms with E-state index in [0.29, 0.717) is 10.9 Å². The van der Waals surface area contributed by atoms with Crippen LogP contribution in [0.25, 0.3) is 10.9 Å². The van der Waals surface area contributed by atoms with Crippen LogP contribution in [0.4, 0.5) is 8.78 Å². The predicted octanol–water partition coefficient (Wildman–Crippen LogP) is 3.32. The second-order valence-corrected chi connectivity index (χ2v) is 3.39. The smallest absolute Gasteiger partial charge is 0.150 e. The maximum absolute atomic E-state index is 13.3. The minimum absolute atomic E-state index is 0.403. The molecule has 74 valence electrons. The Kier molecular flexibility index (Phi) is 2.02. The third-order valence-electron chi connectivity index (χ3n) is 2.54. The largest absolute Gasteiger partial charge is 0.356 e. The van der Waals surface area contributed by atoms with Gasteiger partial charge in [0.1, 0.15) is 11.6 Å². The molecule has 0 bridgehead atoms. The highest BCUT2D eigenvalue weighted by Crippen LogP contribution is 2.25. The van der Waals surface area contributed by atoms with Crippen molar-refractivity contribution in [3.05, 3.63) is 35.0 Å².